The highest BCUT2D eigenvalue weighted by atomic mass is 16.5. The molecule has 0 aliphatic heterocycles. The van der Waals surface area contributed by atoms with Crippen molar-refractivity contribution >= 4 is 11.8 Å². The van der Waals surface area contributed by atoms with E-state index in [4.69, 9.17) is 14.2 Å². The third-order valence-electron chi connectivity index (χ3n) is 6.21. The Morgan fingerprint density at radius 1 is 1.00 bits per heavy atom. The standard InChI is InChI=1S/C28H32N2O4/c1-3-33-28(31)30-23-11-8-21(9-12-23)25(18-20-14-16-29-17-15-20)22-10-13-26(32-2)27(19-22)34-24-6-4-5-7-24/h8-17,19,24-25H,3-7,18H2,1-2H3,(H,30,31). The number of nitrogens with one attached hydrogen (secondary N) is 1. The molecule has 1 N–H and O–H groups in total. The lowest BCUT2D eigenvalue weighted by molar-refractivity contribution is 0.168. The minimum atomic E-state index is -0.451. The zero-order valence-corrected chi connectivity index (χ0v) is 19.8. The SMILES string of the molecule is CCOC(=O)Nc1ccc(C(Cc2ccncc2)c2ccc(OC)c(OC3CCCC3)c2)cc1. The van der Waals surface area contributed by atoms with Gasteiger partial charge in [-0.25, -0.2) is 4.79 Å². The topological polar surface area (TPSA) is 69.7 Å². The molecule has 0 spiro atoms. The first-order chi connectivity index (χ1) is 16.7. The van der Waals surface area contributed by atoms with Gasteiger partial charge in [0.25, 0.3) is 0 Å². The number of amides is 1. The van der Waals surface area contributed by atoms with E-state index in [9.17, 15) is 4.79 Å². The van der Waals surface area contributed by atoms with E-state index in [-0.39, 0.29) is 12.0 Å². The smallest absolute Gasteiger partial charge is 0.411 e. The van der Waals surface area contributed by atoms with Crippen LogP contribution in [0.5, 0.6) is 11.5 Å². The second kappa shape index (κ2) is 11.5. The Morgan fingerprint density at radius 2 is 1.71 bits per heavy atom. The van der Waals surface area contributed by atoms with Crippen LogP contribution >= 0.6 is 0 Å². The van der Waals surface area contributed by atoms with E-state index in [1.807, 2.05) is 42.7 Å². The largest absolute Gasteiger partial charge is 0.493 e. The first-order valence-electron chi connectivity index (χ1n) is 11.9. The van der Waals surface area contributed by atoms with Crippen molar-refractivity contribution in [1.29, 1.82) is 0 Å². The van der Waals surface area contributed by atoms with Gasteiger partial charge in [0.2, 0.25) is 0 Å². The molecule has 178 valence electrons. The van der Waals surface area contributed by atoms with Crippen LogP contribution in [0.15, 0.2) is 67.0 Å². The summed E-state index contributed by atoms with van der Waals surface area (Å²) in [5.41, 5.74) is 4.19. The second-order valence-electron chi connectivity index (χ2n) is 8.51. The molecule has 0 saturated heterocycles. The zero-order chi connectivity index (χ0) is 23.8. The summed E-state index contributed by atoms with van der Waals surface area (Å²) in [7, 11) is 1.68. The minimum absolute atomic E-state index is 0.0934. The van der Waals surface area contributed by atoms with Gasteiger partial charge in [0, 0.05) is 24.0 Å². The molecule has 6 nitrogen and oxygen atoms in total. The average Bonchev–Trinajstić information content (AvgIpc) is 3.37. The van der Waals surface area contributed by atoms with Crippen LogP contribution in [0, 0.1) is 0 Å². The van der Waals surface area contributed by atoms with Crippen molar-refractivity contribution in [1.82, 2.24) is 4.98 Å². The van der Waals surface area contributed by atoms with Gasteiger partial charge in [0.15, 0.2) is 11.5 Å². The molecule has 0 radical (unpaired) electrons. The number of methoxy groups -OCH3 is 1. The van der Waals surface area contributed by atoms with Crippen molar-refractivity contribution in [3.8, 4) is 11.5 Å². The summed E-state index contributed by atoms with van der Waals surface area (Å²) in [5.74, 6) is 1.65. The van der Waals surface area contributed by atoms with Crippen molar-refractivity contribution < 1.29 is 19.0 Å². The number of anilines is 1. The van der Waals surface area contributed by atoms with Crippen LogP contribution in [0.1, 0.15) is 55.2 Å². The number of rotatable bonds is 9. The van der Waals surface area contributed by atoms with Gasteiger partial charge in [-0.15, -0.1) is 0 Å². The van der Waals surface area contributed by atoms with Crippen molar-refractivity contribution in [2.45, 2.75) is 51.0 Å². The van der Waals surface area contributed by atoms with Crippen LogP contribution in [0.2, 0.25) is 0 Å². The molecule has 3 aromatic rings. The molecule has 0 bridgehead atoms. The fourth-order valence-corrected chi connectivity index (χ4v) is 4.45. The van der Waals surface area contributed by atoms with Gasteiger partial charge in [-0.3, -0.25) is 10.3 Å². The number of carbonyl (C=O) groups excluding carboxylic acids is 1. The monoisotopic (exact) mass is 460 g/mol. The van der Waals surface area contributed by atoms with Gasteiger partial charge >= 0.3 is 6.09 Å². The molecule has 1 heterocycles. The number of ether oxygens (including phenoxy) is 3. The lowest BCUT2D eigenvalue weighted by Gasteiger charge is -2.22. The maximum atomic E-state index is 11.8. The second-order valence-corrected chi connectivity index (χ2v) is 8.51. The maximum absolute atomic E-state index is 11.8. The van der Waals surface area contributed by atoms with E-state index in [1.165, 1.54) is 18.4 Å². The number of hydrogen-bond acceptors (Lipinski definition) is 5. The Kier molecular flexibility index (Phi) is 8.02. The molecule has 4 rings (SSSR count). The summed E-state index contributed by atoms with van der Waals surface area (Å²) in [6.07, 6.45) is 8.84. The van der Waals surface area contributed by atoms with Crippen molar-refractivity contribution in [3.05, 3.63) is 83.7 Å². The molecule has 1 saturated carbocycles. The summed E-state index contributed by atoms with van der Waals surface area (Å²) in [6.45, 7) is 2.12. The molecule has 1 aliphatic carbocycles. The molecule has 6 heteroatoms. The van der Waals surface area contributed by atoms with E-state index < -0.39 is 6.09 Å². The van der Waals surface area contributed by atoms with E-state index in [2.05, 4.69) is 34.6 Å². The van der Waals surface area contributed by atoms with Crippen LogP contribution in [0.3, 0.4) is 0 Å². The molecule has 1 amide bonds. The number of nitrogens with zero attached hydrogens (tertiary/aromatic N) is 1. The van der Waals surface area contributed by atoms with Gasteiger partial charge in [-0.05, 0) is 92.1 Å². The Morgan fingerprint density at radius 3 is 2.38 bits per heavy atom. The van der Waals surface area contributed by atoms with Gasteiger partial charge < -0.3 is 14.2 Å². The molecule has 34 heavy (non-hydrogen) atoms. The number of hydrogen-bond donors (Lipinski definition) is 1. The predicted octanol–water partition coefficient (Wildman–Crippen LogP) is 6.35. The Labute approximate surface area is 201 Å². The van der Waals surface area contributed by atoms with Crippen LogP contribution in [0.4, 0.5) is 10.5 Å². The van der Waals surface area contributed by atoms with E-state index in [0.717, 1.165) is 41.9 Å². The summed E-state index contributed by atoms with van der Waals surface area (Å²) in [6, 6.07) is 18.2. The molecular formula is C28H32N2O4. The quantitative estimate of drug-likeness (QED) is 0.403. The highest BCUT2D eigenvalue weighted by Gasteiger charge is 2.21. The third-order valence-corrected chi connectivity index (χ3v) is 6.21. The first-order valence-corrected chi connectivity index (χ1v) is 11.9. The molecular weight excluding hydrogens is 428 g/mol. The zero-order valence-electron chi connectivity index (χ0n) is 19.8. The lowest BCUT2D eigenvalue weighted by atomic mass is 9.86. The van der Waals surface area contributed by atoms with Gasteiger partial charge in [-0.1, -0.05) is 18.2 Å². The average molecular weight is 461 g/mol. The summed E-state index contributed by atoms with van der Waals surface area (Å²) in [4.78, 5) is 15.9. The molecule has 1 fully saturated rings. The fraction of sp³-hybridized carbons (Fsp3) is 0.357. The summed E-state index contributed by atoms with van der Waals surface area (Å²) < 4.78 is 16.9. The van der Waals surface area contributed by atoms with Crippen molar-refractivity contribution in [2.75, 3.05) is 19.0 Å². The van der Waals surface area contributed by atoms with Crippen LogP contribution < -0.4 is 14.8 Å². The molecule has 1 aromatic heterocycles. The van der Waals surface area contributed by atoms with Crippen LogP contribution in [-0.2, 0) is 11.2 Å². The predicted molar refractivity (Wildman–Crippen MR) is 133 cm³/mol. The summed E-state index contributed by atoms with van der Waals surface area (Å²) in [5, 5.41) is 2.76. The molecule has 1 atom stereocenters. The normalized spacial score (nSPS) is 14.4. The van der Waals surface area contributed by atoms with Gasteiger partial charge in [-0.2, -0.15) is 0 Å². The van der Waals surface area contributed by atoms with Gasteiger partial charge in [0.05, 0.1) is 19.8 Å². The number of benzene rings is 2. The number of pyridine rings is 1. The van der Waals surface area contributed by atoms with Crippen molar-refractivity contribution in [3.63, 3.8) is 0 Å². The number of aromatic nitrogens is 1. The van der Waals surface area contributed by atoms with E-state index in [0.29, 0.717) is 12.3 Å². The third kappa shape index (κ3) is 6.07. The van der Waals surface area contributed by atoms with Crippen LogP contribution in [0.25, 0.3) is 0 Å². The highest BCUT2D eigenvalue weighted by Crippen LogP contribution is 2.37. The Bertz CT molecular complexity index is 1060. The van der Waals surface area contributed by atoms with Crippen molar-refractivity contribution in [2.24, 2.45) is 0 Å². The van der Waals surface area contributed by atoms with Gasteiger partial charge in [0.1, 0.15) is 0 Å². The summed E-state index contributed by atoms with van der Waals surface area (Å²) >= 11 is 0. The molecule has 1 aliphatic rings. The minimum Gasteiger partial charge on any atom is -0.493 e. The number of carbonyl (C=O) groups is 1. The Hall–Kier alpha value is -3.54. The van der Waals surface area contributed by atoms with E-state index >= 15 is 0 Å². The highest BCUT2D eigenvalue weighted by molar-refractivity contribution is 5.84. The first kappa shape index (κ1) is 23.6. The maximum Gasteiger partial charge on any atom is 0.411 e. The molecule has 1 unspecified atom stereocenters. The lowest BCUT2D eigenvalue weighted by Crippen LogP contribution is -2.14. The Balaban J connectivity index is 1.64. The van der Waals surface area contributed by atoms with E-state index in [1.54, 1.807) is 14.0 Å². The molecule has 2 aromatic carbocycles. The van der Waals surface area contributed by atoms with Crippen LogP contribution in [-0.4, -0.2) is 30.9 Å². The fourth-order valence-electron chi connectivity index (χ4n) is 4.45.